The third-order valence-corrected chi connectivity index (χ3v) is 0. The molecule has 0 nitrogen and oxygen atoms in total. The first-order chi connectivity index (χ1) is 0. The average Bonchev–Trinajstić information content (AvgIpc) is 0. The van der Waals surface area contributed by atoms with Gasteiger partial charge in [-0.25, -0.2) is 0 Å². The molecule has 0 aromatic rings. The molecule has 6 heteroatoms. The summed E-state index contributed by atoms with van der Waals surface area (Å²) in [5.41, 5.74) is 0. The van der Waals surface area contributed by atoms with Crippen LogP contribution in [0.15, 0.2) is 0 Å². The van der Waals surface area contributed by atoms with Gasteiger partial charge in [0.05, 0.1) is 8.41 Å². The fourth-order valence-electron chi connectivity index (χ4n) is 0. The van der Waals surface area contributed by atoms with Crippen LogP contribution < -0.4 is 0 Å². The Morgan fingerprint density at radius 1 is 1.00 bits per heavy atom. The van der Waals surface area contributed by atoms with Gasteiger partial charge in [-0.2, -0.15) is 0 Å². The van der Waals surface area contributed by atoms with E-state index in [1.54, 1.807) is 0 Å². The summed E-state index contributed by atoms with van der Waals surface area (Å²) in [5.74, 6) is 0. The van der Waals surface area contributed by atoms with E-state index in [0.717, 1.165) is 0 Å². The van der Waals surface area contributed by atoms with Crippen molar-refractivity contribution >= 4 is 45.6 Å². The van der Waals surface area contributed by atoms with Crippen molar-refractivity contribution in [3.05, 3.63) is 0 Å². The van der Waals surface area contributed by atoms with Crippen molar-refractivity contribution in [1.82, 2.24) is 0 Å². The van der Waals surface area contributed by atoms with Crippen molar-refractivity contribution in [1.29, 1.82) is 0 Å². The summed E-state index contributed by atoms with van der Waals surface area (Å²) in [4.78, 5) is 0. The molecule has 0 rings (SSSR count). The van der Waals surface area contributed by atoms with E-state index in [-0.39, 0.29) is 128 Å². The van der Waals surface area contributed by atoms with E-state index < -0.39 is 0 Å². The Balaban J connectivity index is 0. The van der Waals surface area contributed by atoms with Crippen LogP contribution in [0.5, 0.6) is 0 Å². The Hall–Kier alpha value is 3.85. The van der Waals surface area contributed by atoms with Crippen LogP contribution in [0.4, 0.5) is 0 Å². The van der Waals surface area contributed by atoms with Gasteiger partial charge in [0, 0.05) is 82.3 Å². The van der Waals surface area contributed by atoms with Gasteiger partial charge in [-0.15, -0.1) is 0 Å². The molecule has 0 aliphatic rings. The molecular weight excluding hydrogens is 549 g/mol. The zero-order chi connectivity index (χ0) is 0. The Morgan fingerprint density at radius 3 is 1.00 bits per heavy atom. The molecule has 6 heavy (non-hydrogen) atoms. The Labute approximate surface area is 125 Å². The normalized spacial score (nSPS) is 0. The SMILES string of the molecule is B.[BiH3].[Ce].[Mo].[SiH4].[Zn]. The Bertz CT molecular complexity index is 15.5. The fourth-order valence-corrected chi connectivity index (χ4v) is 0. The second-order valence-corrected chi connectivity index (χ2v) is 0. The van der Waals surface area contributed by atoms with Crippen molar-refractivity contribution in [2.24, 2.45) is 0 Å². The summed E-state index contributed by atoms with van der Waals surface area (Å²) in [6.07, 6.45) is 0. The van der Waals surface area contributed by atoms with E-state index in [4.69, 9.17) is 0 Å². The quantitative estimate of drug-likeness (QED) is 0.267. The largest absolute Gasteiger partial charge is 0.0149 e. The maximum absolute atomic E-state index is 0. The predicted molar refractivity (Wildman–Crippen MR) is 31.2 cm³/mol. The van der Waals surface area contributed by atoms with Gasteiger partial charge in [0.15, 0.2) is 0 Å². The summed E-state index contributed by atoms with van der Waals surface area (Å²) in [5, 5.41) is 0. The third-order valence-electron chi connectivity index (χ3n) is 0. The summed E-state index contributed by atoms with van der Waals surface area (Å²) in [6.45, 7) is 0. The molecule has 0 aromatic heterocycles. The molecule has 0 heterocycles. The molecule has 0 atom stereocenters. The number of hydrogen-bond acceptors (Lipinski definition) is 0. The van der Waals surface area contributed by atoms with Crippen LogP contribution in [-0.4, -0.2) is 45.6 Å². The molecule has 34 valence electrons. The van der Waals surface area contributed by atoms with Gasteiger partial charge in [-0.1, -0.05) is 0 Å². The van der Waals surface area contributed by atoms with Gasteiger partial charge in [-0.3, -0.25) is 0 Å². The first-order valence-corrected chi connectivity index (χ1v) is 0. The van der Waals surface area contributed by atoms with Crippen LogP contribution in [0.1, 0.15) is 0 Å². The maximum atomic E-state index is 0. The van der Waals surface area contributed by atoms with Gasteiger partial charge < -0.3 is 0 Å². The summed E-state index contributed by atoms with van der Waals surface area (Å²) in [7, 11) is 0. The Kier molecular flexibility index (Phi) is 319. The smallest absolute Gasteiger partial charge is 0 e. The molecule has 0 radical (unpaired) electrons. The molecule has 0 N–H and O–H groups in total. The molecular formula is H10BBiCeMoSiZn. The van der Waals surface area contributed by atoms with Crippen molar-refractivity contribution in [3.63, 3.8) is 0 Å². The van der Waals surface area contributed by atoms with Gasteiger partial charge >= 0.3 is 26.2 Å². The molecule has 0 aromatic carbocycles. The average molecular weight is 559 g/mol. The van der Waals surface area contributed by atoms with Gasteiger partial charge in [0.1, 0.15) is 0 Å². The summed E-state index contributed by atoms with van der Waals surface area (Å²) >= 11 is 0. The zero-order valence-corrected chi connectivity index (χ0v) is 15.9. The van der Waals surface area contributed by atoms with Gasteiger partial charge in [0.25, 0.3) is 0 Å². The molecule has 0 unspecified atom stereocenters. The van der Waals surface area contributed by atoms with Crippen LogP contribution >= 0.6 is 0 Å². The van der Waals surface area contributed by atoms with E-state index in [1.807, 2.05) is 0 Å². The minimum absolute atomic E-state index is 0. The minimum atomic E-state index is 0. The molecule has 0 bridgehead atoms. The van der Waals surface area contributed by atoms with E-state index in [2.05, 4.69) is 0 Å². The monoisotopic (exact) mass is 560 g/mol. The van der Waals surface area contributed by atoms with Crippen LogP contribution in [-0.2, 0) is 40.5 Å². The predicted octanol–water partition coefficient (Wildman–Crippen LogP) is -3.82. The first kappa shape index (κ1) is 52.0. The zero-order valence-electron chi connectivity index (χ0n) is 2.32. The first-order valence-electron chi connectivity index (χ1n) is 0. The molecule has 0 saturated carbocycles. The molecule has 0 fully saturated rings. The maximum Gasteiger partial charge on any atom is 0 e. The Morgan fingerprint density at radius 2 is 1.00 bits per heavy atom. The summed E-state index contributed by atoms with van der Waals surface area (Å²) in [6, 6.07) is 0. The van der Waals surface area contributed by atoms with Crippen molar-refractivity contribution in [2.75, 3.05) is 0 Å². The van der Waals surface area contributed by atoms with Crippen molar-refractivity contribution in [3.8, 4) is 0 Å². The molecule has 0 amide bonds. The van der Waals surface area contributed by atoms with Crippen LogP contribution in [0.2, 0.25) is 0 Å². The molecule has 0 aliphatic heterocycles. The van der Waals surface area contributed by atoms with Crippen LogP contribution in [0.25, 0.3) is 0 Å². The van der Waals surface area contributed by atoms with Crippen molar-refractivity contribution < 1.29 is 82.3 Å². The third kappa shape index (κ3) is 24.8. The van der Waals surface area contributed by atoms with E-state index in [1.165, 1.54) is 0 Å². The second-order valence-electron chi connectivity index (χ2n) is 0. The standard InChI is InChI=1S/BH3.Bi.Ce.Mo.H4Si.Zn.3H/h1H3;;;;1H4;;;;. The van der Waals surface area contributed by atoms with Gasteiger partial charge in [0.2, 0.25) is 0 Å². The second kappa shape index (κ2) is 36.8. The van der Waals surface area contributed by atoms with E-state index >= 15 is 0 Å². The number of hydrogen-bond donors (Lipinski definition) is 0. The number of rotatable bonds is 0. The van der Waals surface area contributed by atoms with Crippen LogP contribution in [0, 0.1) is 41.7 Å². The van der Waals surface area contributed by atoms with E-state index in [0.29, 0.717) is 0 Å². The molecule has 0 aliphatic carbocycles. The summed E-state index contributed by atoms with van der Waals surface area (Å²) < 4.78 is 0. The van der Waals surface area contributed by atoms with Crippen molar-refractivity contribution in [2.45, 2.75) is 0 Å². The minimum Gasteiger partial charge on any atom is -0.0149 e. The molecule has 0 saturated heterocycles. The molecule has 0 spiro atoms. The fraction of sp³-hybridized carbons (Fsp3) is 0. The van der Waals surface area contributed by atoms with E-state index in [9.17, 15) is 0 Å². The van der Waals surface area contributed by atoms with Crippen LogP contribution in [0.3, 0.4) is 0 Å². The topological polar surface area (TPSA) is 0 Å². The van der Waals surface area contributed by atoms with Gasteiger partial charge in [-0.05, 0) is 11.0 Å².